The summed E-state index contributed by atoms with van der Waals surface area (Å²) in [6.07, 6.45) is 2.02. The Hall–Kier alpha value is -3.30. The summed E-state index contributed by atoms with van der Waals surface area (Å²) in [7, 11) is 0. The van der Waals surface area contributed by atoms with Crippen molar-refractivity contribution in [1.29, 1.82) is 0 Å². The zero-order chi connectivity index (χ0) is 20.7. The maximum atomic E-state index is 12.6. The molecule has 0 aliphatic carbocycles. The van der Waals surface area contributed by atoms with Crippen molar-refractivity contribution >= 4 is 22.6 Å². The Balaban J connectivity index is 1.33. The van der Waals surface area contributed by atoms with Crippen molar-refractivity contribution in [3.63, 3.8) is 0 Å². The molecule has 4 heterocycles. The van der Waals surface area contributed by atoms with E-state index < -0.39 is 0 Å². The molecule has 0 saturated carbocycles. The average Bonchev–Trinajstić information content (AvgIpc) is 3.40. The largest absolute Gasteiger partial charge is 0.373 e. The Morgan fingerprint density at radius 3 is 2.83 bits per heavy atom. The second-order valence-electron chi connectivity index (χ2n) is 7.11. The minimum absolute atomic E-state index is 0.000274. The minimum Gasteiger partial charge on any atom is -0.373 e. The Kier molecular flexibility index (Phi) is 4.68. The van der Waals surface area contributed by atoms with Gasteiger partial charge in [-0.25, -0.2) is 4.98 Å². The van der Waals surface area contributed by atoms with Gasteiger partial charge in [-0.05, 0) is 30.2 Å². The van der Waals surface area contributed by atoms with Gasteiger partial charge in [0.05, 0.1) is 18.1 Å². The number of H-pyrrole nitrogens is 1. The summed E-state index contributed by atoms with van der Waals surface area (Å²) in [6.45, 7) is 0.569. The fourth-order valence-electron chi connectivity index (χ4n) is 3.55. The molecule has 1 saturated heterocycles. The first-order chi connectivity index (χ1) is 14.6. The molecule has 0 amide bonds. The van der Waals surface area contributed by atoms with Crippen LogP contribution in [-0.2, 0) is 11.3 Å². The van der Waals surface area contributed by atoms with Gasteiger partial charge in [0.1, 0.15) is 18.5 Å². The minimum atomic E-state index is -0.315. The van der Waals surface area contributed by atoms with Gasteiger partial charge in [0, 0.05) is 17.0 Å². The van der Waals surface area contributed by atoms with Crippen molar-refractivity contribution in [2.75, 3.05) is 6.61 Å². The van der Waals surface area contributed by atoms with Gasteiger partial charge in [-0.15, -0.1) is 0 Å². The third kappa shape index (κ3) is 3.53. The lowest BCUT2D eigenvalue weighted by Gasteiger charge is -2.09. The van der Waals surface area contributed by atoms with E-state index in [-0.39, 0.29) is 35.3 Å². The summed E-state index contributed by atoms with van der Waals surface area (Å²) >= 11 is 5.94. The van der Waals surface area contributed by atoms with Crippen LogP contribution in [-0.4, -0.2) is 31.3 Å². The molecule has 3 aromatic heterocycles. The Morgan fingerprint density at radius 2 is 2.00 bits per heavy atom. The predicted octanol–water partition coefficient (Wildman–Crippen LogP) is 2.41. The molecule has 4 aromatic rings. The Labute approximate surface area is 174 Å². The maximum absolute atomic E-state index is 12.6. The molecule has 1 aromatic carbocycles. The van der Waals surface area contributed by atoms with Gasteiger partial charge in [-0.1, -0.05) is 28.9 Å². The van der Waals surface area contributed by atoms with Crippen LogP contribution in [0.1, 0.15) is 35.7 Å². The molecule has 1 aliphatic heterocycles. The van der Waals surface area contributed by atoms with E-state index in [4.69, 9.17) is 20.9 Å². The molecule has 1 N–H and O–H groups in total. The van der Waals surface area contributed by atoms with Crippen molar-refractivity contribution < 1.29 is 9.26 Å². The van der Waals surface area contributed by atoms with Crippen LogP contribution >= 0.6 is 11.6 Å². The smallest absolute Gasteiger partial charge is 0.263 e. The summed E-state index contributed by atoms with van der Waals surface area (Å²) in [6, 6.07) is 10.3. The van der Waals surface area contributed by atoms with Crippen molar-refractivity contribution in [3.8, 4) is 0 Å². The number of hydrogen-bond acceptors (Lipinski definition) is 7. The lowest BCUT2D eigenvalue weighted by molar-refractivity contribution is 0.110. The van der Waals surface area contributed by atoms with Gasteiger partial charge in [0.15, 0.2) is 5.82 Å². The van der Waals surface area contributed by atoms with E-state index in [1.165, 1.54) is 23.0 Å². The van der Waals surface area contributed by atoms with Crippen LogP contribution in [0.25, 0.3) is 11.0 Å². The highest BCUT2D eigenvalue weighted by Gasteiger charge is 2.31. The molecular weight excluding hydrogens is 410 g/mol. The number of nitrogens with one attached hydrogen (secondary N) is 1. The topological polar surface area (TPSA) is 116 Å². The Bertz CT molecular complexity index is 1330. The van der Waals surface area contributed by atoms with Gasteiger partial charge in [0.2, 0.25) is 11.4 Å². The van der Waals surface area contributed by atoms with E-state index in [1.54, 1.807) is 0 Å². The number of nitrogens with zero attached hydrogens (tertiary/aromatic N) is 4. The van der Waals surface area contributed by atoms with Crippen LogP contribution in [0, 0.1) is 0 Å². The van der Waals surface area contributed by atoms with E-state index in [9.17, 15) is 9.59 Å². The van der Waals surface area contributed by atoms with Crippen LogP contribution < -0.4 is 11.1 Å². The van der Waals surface area contributed by atoms with Crippen LogP contribution in [0.5, 0.6) is 0 Å². The van der Waals surface area contributed by atoms with E-state index in [0.717, 1.165) is 12.0 Å². The van der Waals surface area contributed by atoms with Gasteiger partial charge in [-0.3, -0.25) is 14.2 Å². The highest BCUT2D eigenvalue weighted by atomic mass is 35.5. The fourth-order valence-corrected chi connectivity index (χ4v) is 3.67. The zero-order valence-corrected chi connectivity index (χ0v) is 16.4. The lowest BCUT2D eigenvalue weighted by Crippen LogP contribution is -2.22. The number of rotatable bonds is 4. The van der Waals surface area contributed by atoms with Crippen LogP contribution in [0.2, 0.25) is 5.02 Å². The van der Waals surface area contributed by atoms with Gasteiger partial charge >= 0.3 is 0 Å². The van der Waals surface area contributed by atoms with Gasteiger partial charge in [0.25, 0.3) is 5.56 Å². The summed E-state index contributed by atoms with van der Waals surface area (Å²) in [5.41, 5.74) is 0.677. The SMILES string of the molecule is O=c1ccc2c(=O)n(Cc3nc([C@@H]4CO[C@@H](c5ccc(Cl)cc5)C4)no3)cnc2[nH]1. The molecule has 0 bridgehead atoms. The molecule has 152 valence electrons. The molecular formula is C20H16ClN5O4. The second kappa shape index (κ2) is 7.51. The predicted molar refractivity (Wildman–Crippen MR) is 108 cm³/mol. The molecule has 5 rings (SSSR count). The molecule has 9 nitrogen and oxygen atoms in total. The van der Waals surface area contributed by atoms with Crippen molar-refractivity contribution in [3.05, 3.63) is 85.7 Å². The van der Waals surface area contributed by atoms with E-state index in [1.807, 2.05) is 24.3 Å². The normalized spacial score (nSPS) is 18.8. The summed E-state index contributed by atoms with van der Waals surface area (Å²) < 4.78 is 12.6. The molecule has 2 atom stereocenters. The number of fused-ring (bicyclic) bond motifs is 1. The third-order valence-electron chi connectivity index (χ3n) is 5.11. The number of pyridine rings is 1. The quantitative estimate of drug-likeness (QED) is 0.533. The number of halogens is 1. The number of ether oxygens (including phenoxy) is 1. The summed E-state index contributed by atoms with van der Waals surface area (Å²) in [5.74, 6) is 0.847. The fraction of sp³-hybridized carbons (Fsp3) is 0.250. The number of hydrogen-bond donors (Lipinski definition) is 1. The monoisotopic (exact) mass is 425 g/mol. The molecule has 30 heavy (non-hydrogen) atoms. The van der Waals surface area contributed by atoms with Crippen LogP contribution in [0.3, 0.4) is 0 Å². The molecule has 0 spiro atoms. The highest BCUT2D eigenvalue weighted by molar-refractivity contribution is 6.30. The highest BCUT2D eigenvalue weighted by Crippen LogP contribution is 2.37. The third-order valence-corrected chi connectivity index (χ3v) is 5.36. The van der Waals surface area contributed by atoms with Crippen molar-refractivity contribution in [2.45, 2.75) is 25.0 Å². The van der Waals surface area contributed by atoms with E-state index >= 15 is 0 Å². The first-order valence-electron chi connectivity index (χ1n) is 9.35. The van der Waals surface area contributed by atoms with Crippen molar-refractivity contribution in [1.82, 2.24) is 24.7 Å². The van der Waals surface area contributed by atoms with Gasteiger partial charge < -0.3 is 14.2 Å². The summed E-state index contributed by atoms with van der Waals surface area (Å²) in [5, 5.41) is 5.06. The first kappa shape index (κ1) is 18.7. The molecule has 1 aliphatic rings. The van der Waals surface area contributed by atoms with Crippen molar-refractivity contribution in [2.24, 2.45) is 0 Å². The zero-order valence-electron chi connectivity index (χ0n) is 15.6. The molecule has 0 unspecified atom stereocenters. The average molecular weight is 426 g/mol. The number of aromatic amines is 1. The van der Waals surface area contributed by atoms with Crippen LogP contribution in [0.15, 0.2) is 56.8 Å². The first-order valence-corrected chi connectivity index (χ1v) is 9.72. The molecule has 0 radical (unpaired) electrons. The van der Waals surface area contributed by atoms with E-state index in [2.05, 4.69) is 20.1 Å². The number of benzene rings is 1. The van der Waals surface area contributed by atoms with Crippen LogP contribution in [0.4, 0.5) is 0 Å². The second-order valence-corrected chi connectivity index (χ2v) is 7.55. The molecule has 1 fully saturated rings. The Morgan fingerprint density at radius 1 is 1.17 bits per heavy atom. The summed E-state index contributed by atoms with van der Waals surface area (Å²) in [4.78, 5) is 35.1. The van der Waals surface area contributed by atoms with E-state index in [0.29, 0.717) is 28.7 Å². The number of aromatic nitrogens is 5. The van der Waals surface area contributed by atoms with Gasteiger partial charge in [-0.2, -0.15) is 4.98 Å². The molecule has 10 heteroatoms. The lowest BCUT2D eigenvalue weighted by atomic mass is 10.0. The standard InChI is InChI=1S/C20H16ClN5O4/c21-13-3-1-11(2-4-13)15-7-12(9-29-15)18-24-17(30-25-18)8-26-10-22-19-14(20(26)28)5-6-16(27)23-19/h1-6,10,12,15H,7-9H2,(H,23,27)/t12-,15+/m0/s1. The maximum Gasteiger partial charge on any atom is 0.263 e.